The van der Waals surface area contributed by atoms with E-state index in [1.165, 1.54) is 23.7 Å². The molecule has 0 aliphatic rings. The van der Waals surface area contributed by atoms with E-state index in [-0.39, 0.29) is 5.91 Å². The number of amides is 1. The third kappa shape index (κ3) is 3.75. The molecule has 7 nitrogen and oxygen atoms in total. The number of nitrogens with one attached hydrogen (secondary N) is 2. The second kappa shape index (κ2) is 6.62. The maximum atomic E-state index is 12.0. The number of H-pyrrole nitrogens is 1. The van der Waals surface area contributed by atoms with Gasteiger partial charge in [-0.05, 0) is 23.1 Å². The Morgan fingerprint density at radius 3 is 3.05 bits per heavy atom. The average molecular weight is 292 g/mol. The van der Waals surface area contributed by atoms with Crippen molar-refractivity contribution in [1.82, 2.24) is 20.5 Å². The second-order valence-corrected chi connectivity index (χ2v) is 4.73. The van der Waals surface area contributed by atoms with Crippen molar-refractivity contribution in [2.24, 2.45) is 0 Å². The number of nitrogens with zero attached hydrogens (tertiary/aromatic N) is 2. The molecule has 8 heteroatoms. The Morgan fingerprint density at radius 2 is 2.35 bits per heavy atom. The zero-order chi connectivity index (χ0) is 14.4. The lowest BCUT2D eigenvalue weighted by molar-refractivity contribution is -0.131. The molecule has 0 radical (unpaired) electrons. The van der Waals surface area contributed by atoms with Gasteiger partial charge in [-0.2, -0.15) is 5.10 Å². The van der Waals surface area contributed by atoms with E-state index in [9.17, 15) is 9.59 Å². The van der Waals surface area contributed by atoms with E-state index < -0.39 is 5.97 Å². The molecule has 0 spiro atoms. The molecule has 2 aromatic heterocycles. The Hall–Kier alpha value is -2.48. The molecular weight excluding hydrogens is 280 g/mol. The lowest BCUT2D eigenvalue weighted by Gasteiger charge is -2.03. The Kier molecular flexibility index (Phi) is 4.61. The fourth-order valence-electron chi connectivity index (χ4n) is 1.52. The number of carboxylic acid groups (broad SMARTS) is 1. The fourth-order valence-corrected chi connectivity index (χ4v) is 2.32. The van der Waals surface area contributed by atoms with E-state index >= 15 is 0 Å². The number of aromatic nitrogens is 3. The lowest BCUT2D eigenvalue weighted by atomic mass is 10.2. The highest BCUT2D eigenvalue weighted by Gasteiger charge is 2.11. The first-order chi connectivity index (χ1) is 9.66. The van der Waals surface area contributed by atoms with Crippen molar-refractivity contribution in [2.75, 3.05) is 6.54 Å². The summed E-state index contributed by atoms with van der Waals surface area (Å²) in [4.78, 5) is 26.9. The number of hydrogen-bond acceptors (Lipinski definition) is 5. The molecule has 2 aromatic rings. The minimum atomic E-state index is -1.05. The molecule has 2 heterocycles. The molecule has 104 valence electrons. The highest BCUT2D eigenvalue weighted by atomic mass is 32.1. The van der Waals surface area contributed by atoms with Crippen LogP contribution in [0.2, 0.25) is 0 Å². The Bertz CT molecular complexity index is 618. The molecule has 0 fully saturated rings. The summed E-state index contributed by atoms with van der Waals surface area (Å²) in [7, 11) is 0. The van der Waals surface area contributed by atoms with Crippen LogP contribution in [0, 0.1) is 0 Å². The van der Waals surface area contributed by atoms with E-state index in [1.807, 2.05) is 0 Å². The Balaban J connectivity index is 1.92. The molecule has 0 aliphatic carbocycles. The van der Waals surface area contributed by atoms with Crippen LogP contribution in [0.5, 0.6) is 0 Å². The summed E-state index contributed by atoms with van der Waals surface area (Å²) < 4.78 is 0. The number of aromatic amines is 1. The van der Waals surface area contributed by atoms with E-state index in [2.05, 4.69) is 20.5 Å². The van der Waals surface area contributed by atoms with Gasteiger partial charge in [-0.3, -0.25) is 9.89 Å². The molecule has 20 heavy (non-hydrogen) atoms. The predicted octanol–water partition coefficient (Wildman–Crippen LogP) is 0.937. The van der Waals surface area contributed by atoms with Crippen LogP contribution >= 0.6 is 11.3 Å². The van der Waals surface area contributed by atoms with Crippen molar-refractivity contribution in [2.45, 2.75) is 6.42 Å². The van der Waals surface area contributed by atoms with Crippen LogP contribution in [0.25, 0.3) is 6.08 Å². The second-order valence-electron chi connectivity index (χ2n) is 3.81. The van der Waals surface area contributed by atoms with E-state index in [4.69, 9.17) is 5.11 Å². The highest BCUT2D eigenvalue weighted by Crippen LogP contribution is 2.18. The molecule has 0 aromatic carbocycles. The number of carbonyl (C=O) groups excluding carboxylic acids is 1. The number of thiophene rings is 1. The predicted molar refractivity (Wildman–Crippen MR) is 73.4 cm³/mol. The first kappa shape index (κ1) is 13.9. The topological polar surface area (TPSA) is 108 Å². The van der Waals surface area contributed by atoms with Gasteiger partial charge in [-0.1, -0.05) is 0 Å². The minimum absolute atomic E-state index is 0.232. The van der Waals surface area contributed by atoms with Crippen molar-refractivity contribution in [3.8, 4) is 0 Å². The summed E-state index contributed by atoms with van der Waals surface area (Å²) in [5.41, 5.74) is 0.592. The maximum Gasteiger partial charge on any atom is 0.328 e. The standard InChI is InChI=1S/C12H12N4O3S/c17-10(18)2-1-8-4-6-20-11(8)12(19)13-5-3-9-14-7-15-16-9/h1-2,4,6-7H,3,5H2,(H,13,19)(H,17,18)(H,14,15,16). The van der Waals surface area contributed by atoms with Crippen LogP contribution in [-0.4, -0.2) is 38.7 Å². The maximum absolute atomic E-state index is 12.0. The van der Waals surface area contributed by atoms with Crippen LogP contribution in [0.3, 0.4) is 0 Å². The van der Waals surface area contributed by atoms with Crippen LogP contribution in [0.4, 0.5) is 0 Å². The largest absolute Gasteiger partial charge is 0.478 e. The van der Waals surface area contributed by atoms with Crippen LogP contribution in [0.15, 0.2) is 23.8 Å². The molecular formula is C12H12N4O3S. The van der Waals surface area contributed by atoms with E-state index in [1.54, 1.807) is 11.4 Å². The number of carbonyl (C=O) groups is 2. The SMILES string of the molecule is O=C(O)C=Cc1ccsc1C(=O)NCCc1ncn[nH]1. The molecule has 1 amide bonds. The fraction of sp³-hybridized carbons (Fsp3) is 0.167. The molecule has 0 bridgehead atoms. The summed E-state index contributed by atoms with van der Waals surface area (Å²) >= 11 is 1.27. The van der Waals surface area contributed by atoms with Gasteiger partial charge in [0.1, 0.15) is 12.2 Å². The average Bonchev–Trinajstić information content (AvgIpc) is 3.07. The van der Waals surface area contributed by atoms with E-state index in [0.29, 0.717) is 29.2 Å². The van der Waals surface area contributed by atoms with Crippen molar-refractivity contribution < 1.29 is 14.7 Å². The first-order valence-electron chi connectivity index (χ1n) is 5.78. The van der Waals surface area contributed by atoms with Crippen LogP contribution in [-0.2, 0) is 11.2 Å². The smallest absolute Gasteiger partial charge is 0.328 e. The monoisotopic (exact) mass is 292 g/mol. The highest BCUT2D eigenvalue weighted by molar-refractivity contribution is 7.12. The molecule has 0 unspecified atom stereocenters. The summed E-state index contributed by atoms with van der Waals surface area (Å²) in [6.07, 6.45) is 4.38. The lowest BCUT2D eigenvalue weighted by Crippen LogP contribution is -2.25. The van der Waals surface area contributed by atoms with E-state index in [0.717, 1.165) is 6.08 Å². The molecule has 0 atom stereocenters. The van der Waals surface area contributed by atoms with Gasteiger partial charge in [0, 0.05) is 19.0 Å². The van der Waals surface area contributed by atoms with Gasteiger partial charge in [0.2, 0.25) is 0 Å². The first-order valence-corrected chi connectivity index (χ1v) is 6.65. The van der Waals surface area contributed by atoms with Gasteiger partial charge in [-0.15, -0.1) is 11.3 Å². The number of carboxylic acids is 1. The van der Waals surface area contributed by atoms with Gasteiger partial charge >= 0.3 is 5.97 Å². The summed E-state index contributed by atoms with van der Waals surface area (Å²) in [6.45, 7) is 0.425. The van der Waals surface area contributed by atoms with Gasteiger partial charge in [0.25, 0.3) is 5.91 Å². The van der Waals surface area contributed by atoms with Gasteiger partial charge in [0.15, 0.2) is 0 Å². The quantitative estimate of drug-likeness (QED) is 0.687. The Labute approximate surface area is 118 Å². The van der Waals surface area contributed by atoms with Crippen molar-refractivity contribution in [3.05, 3.63) is 40.1 Å². The number of rotatable bonds is 6. The van der Waals surface area contributed by atoms with Gasteiger partial charge < -0.3 is 10.4 Å². The third-order valence-corrected chi connectivity index (χ3v) is 3.35. The van der Waals surface area contributed by atoms with Gasteiger partial charge in [0.05, 0.1) is 4.88 Å². The zero-order valence-corrected chi connectivity index (χ0v) is 11.2. The van der Waals surface area contributed by atoms with Crippen molar-refractivity contribution in [1.29, 1.82) is 0 Å². The minimum Gasteiger partial charge on any atom is -0.478 e. The molecule has 0 aliphatic heterocycles. The number of aliphatic carboxylic acids is 1. The zero-order valence-electron chi connectivity index (χ0n) is 10.4. The number of hydrogen-bond donors (Lipinski definition) is 3. The summed E-state index contributed by atoms with van der Waals surface area (Å²) in [5.74, 6) is -0.583. The molecule has 2 rings (SSSR count). The molecule has 0 saturated carbocycles. The Morgan fingerprint density at radius 1 is 1.50 bits per heavy atom. The normalized spacial score (nSPS) is 10.8. The van der Waals surface area contributed by atoms with Crippen LogP contribution < -0.4 is 5.32 Å². The third-order valence-electron chi connectivity index (χ3n) is 2.42. The van der Waals surface area contributed by atoms with Gasteiger partial charge in [-0.25, -0.2) is 9.78 Å². The van der Waals surface area contributed by atoms with Crippen molar-refractivity contribution >= 4 is 29.3 Å². The molecule has 3 N–H and O–H groups in total. The summed E-state index contributed by atoms with van der Waals surface area (Å²) in [5, 5.41) is 19.5. The summed E-state index contributed by atoms with van der Waals surface area (Å²) in [6, 6.07) is 1.70. The van der Waals surface area contributed by atoms with Crippen LogP contribution in [0.1, 0.15) is 21.1 Å². The molecule has 0 saturated heterocycles. The van der Waals surface area contributed by atoms with Crippen molar-refractivity contribution in [3.63, 3.8) is 0 Å².